The zero-order chi connectivity index (χ0) is 17.8. The molecule has 1 heterocycles. The molecule has 0 unspecified atom stereocenters. The third-order valence-electron chi connectivity index (χ3n) is 4.86. The van der Waals surface area contributed by atoms with Crippen LogP contribution in [0.3, 0.4) is 0 Å². The van der Waals surface area contributed by atoms with Crippen molar-refractivity contribution < 1.29 is 9.69 Å². The Balaban J connectivity index is 1.51. The molecule has 0 atom stereocenters. The van der Waals surface area contributed by atoms with E-state index in [1.165, 1.54) is 16.0 Å². The topological polar surface area (TPSA) is 36.8 Å². The summed E-state index contributed by atoms with van der Waals surface area (Å²) >= 11 is 6.28. The molecule has 2 aromatic carbocycles. The number of piperazine rings is 1. The largest absolute Gasteiger partial charge is 0.359 e. The molecular weight excluding hydrogens is 334 g/mol. The third kappa shape index (κ3) is 4.53. The van der Waals surface area contributed by atoms with Crippen molar-refractivity contribution in [1.29, 1.82) is 0 Å². The number of rotatable bonds is 4. The Morgan fingerprint density at radius 1 is 1.12 bits per heavy atom. The van der Waals surface area contributed by atoms with Crippen LogP contribution >= 0.6 is 11.6 Å². The number of nitrogens with zero attached hydrogens (tertiary/aromatic N) is 1. The van der Waals surface area contributed by atoms with Crippen molar-refractivity contribution in [3.63, 3.8) is 0 Å². The number of hydrogen-bond donors (Lipinski definition) is 2. The quantitative estimate of drug-likeness (QED) is 0.880. The fraction of sp³-hybridized carbons (Fsp3) is 0.350. The smallest absolute Gasteiger partial charge is 0.279 e. The molecule has 2 N–H and O–H groups in total. The minimum Gasteiger partial charge on any atom is -0.359 e. The van der Waals surface area contributed by atoms with Gasteiger partial charge in [-0.3, -0.25) is 4.79 Å². The van der Waals surface area contributed by atoms with Crippen molar-refractivity contribution in [3.8, 4) is 0 Å². The van der Waals surface area contributed by atoms with Crippen LogP contribution in [0.1, 0.15) is 11.1 Å². The maximum atomic E-state index is 12.3. The third-order valence-corrected chi connectivity index (χ3v) is 5.18. The van der Waals surface area contributed by atoms with E-state index in [1.807, 2.05) is 36.4 Å². The van der Waals surface area contributed by atoms with Gasteiger partial charge in [0, 0.05) is 5.69 Å². The Kier molecular flexibility index (Phi) is 5.61. The monoisotopic (exact) mass is 358 g/mol. The Morgan fingerprint density at radius 2 is 1.84 bits per heavy atom. The lowest BCUT2D eigenvalue weighted by atomic mass is 10.1. The molecule has 0 aromatic heterocycles. The highest BCUT2D eigenvalue weighted by Crippen LogP contribution is 2.24. The predicted octanol–water partition coefficient (Wildman–Crippen LogP) is 2.30. The zero-order valence-electron chi connectivity index (χ0n) is 14.8. The van der Waals surface area contributed by atoms with Gasteiger partial charge in [0.1, 0.15) is 0 Å². The van der Waals surface area contributed by atoms with Crippen molar-refractivity contribution in [2.75, 3.05) is 42.9 Å². The number of carbonyl (C=O) groups is 1. The Labute approximate surface area is 154 Å². The second-order valence-corrected chi connectivity index (χ2v) is 7.12. The van der Waals surface area contributed by atoms with E-state index >= 15 is 0 Å². The van der Waals surface area contributed by atoms with E-state index in [4.69, 9.17) is 11.6 Å². The van der Waals surface area contributed by atoms with E-state index in [-0.39, 0.29) is 5.91 Å². The first-order chi connectivity index (χ1) is 12.0. The SMILES string of the molecule is Cc1ccc(NC(=O)C[NH+]2CCN(c3ccccc3Cl)CC2)cc1C. The second-order valence-electron chi connectivity index (χ2n) is 6.71. The molecule has 0 aliphatic carbocycles. The van der Waals surface area contributed by atoms with Crippen molar-refractivity contribution >= 4 is 28.9 Å². The van der Waals surface area contributed by atoms with Crippen LogP contribution in [0, 0.1) is 13.8 Å². The maximum Gasteiger partial charge on any atom is 0.279 e. The predicted molar refractivity (Wildman–Crippen MR) is 104 cm³/mol. The van der Waals surface area contributed by atoms with Crippen LogP contribution < -0.4 is 15.1 Å². The van der Waals surface area contributed by atoms with Crippen molar-refractivity contribution in [3.05, 3.63) is 58.6 Å². The number of nitrogens with one attached hydrogen (secondary N) is 2. The number of anilines is 2. The number of quaternary nitrogens is 1. The Hall–Kier alpha value is -2.04. The van der Waals surface area contributed by atoms with E-state index in [1.54, 1.807) is 0 Å². The molecule has 5 heteroatoms. The Morgan fingerprint density at radius 3 is 2.52 bits per heavy atom. The molecule has 1 amide bonds. The van der Waals surface area contributed by atoms with Gasteiger partial charge in [-0.05, 0) is 49.2 Å². The van der Waals surface area contributed by atoms with Crippen LogP contribution in [0.2, 0.25) is 5.02 Å². The van der Waals surface area contributed by atoms with Crippen molar-refractivity contribution in [2.45, 2.75) is 13.8 Å². The van der Waals surface area contributed by atoms with E-state index in [0.29, 0.717) is 6.54 Å². The number of aryl methyl sites for hydroxylation is 2. The highest BCUT2D eigenvalue weighted by atomic mass is 35.5. The van der Waals surface area contributed by atoms with E-state index in [2.05, 4.69) is 30.1 Å². The molecule has 0 bridgehead atoms. The lowest BCUT2D eigenvalue weighted by molar-refractivity contribution is -0.892. The summed E-state index contributed by atoms with van der Waals surface area (Å²) in [6.45, 7) is 8.33. The van der Waals surface area contributed by atoms with Gasteiger partial charge in [-0.25, -0.2) is 0 Å². The van der Waals surface area contributed by atoms with E-state index in [0.717, 1.165) is 42.6 Å². The van der Waals surface area contributed by atoms with Gasteiger partial charge in [0.2, 0.25) is 0 Å². The second kappa shape index (κ2) is 7.89. The van der Waals surface area contributed by atoms with Gasteiger partial charge >= 0.3 is 0 Å². The fourth-order valence-corrected chi connectivity index (χ4v) is 3.46. The first kappa shape index (κ1) is 17.8. The average molecular weight is 359 g/mol. The molecule has 0 saturated carbocycles. The standard InChI is InChI=1S/C20H24ClN3O/c1-15-7-8-17(13-16(15)2)22-20(25)14-23-9-11-24(12-10-23)19-6-4-3-5-18(19)21/h3-8,13H,9-12,14H2,1-2H3,(H,22,25)/p+1. The van der Waals surface area contributed by atoms with Crippen molar-refractivity contribution in [2.24, 2.45) is 0 Å². The summed E-state index contributed by atoms with van der Waals surface area (Å²) in [6, 6.07) is 14.0. The molecule has 0 radical (unpaired) electrons. The highest BCUT2D eigenvalue weighted by Gasteiger charge is 2.23. The lowest BCUT2D eigenvalue weighted by Gasteiger charge is -2.33. The van der Waals surface area contributed by atoms with Crippen LogP contribution in [0.25, 0.3) is 0 Å². The first-order valence-electron chi connectivity index (χ1n) is 8.73. The van der Waals surface area contributed by atoms with Crippen LogP contribution in [0.15, 0.2) is 42.5 Å². The normalized spacial score (nSPS) is 15.2. The Bertz CT molecular complexity index is 754. The van der Waals surface area contributed by atoms with Gasteiger partial charge in [-0.15, -0.1) is 0 Å². The molecule has 1 fully saturated rings. The maximum absolute atomic E-state index is 12.3. The van der Waals surface area contributed by atoms with Gasteiger partial charge in [-0.2, -0.15) is 0 Å². The van der Waals surface area contributed by atoms with Gasteiger partial charge in [0.05, 0.1) is 36.9 Å². The molecule has 132 valence electrons. The van der Waals surface area contributed by atoms with Gasteiger partial charge in [0.15, 0.2) is 6.54 Å². The molecule has 3 rings (SSSR count). The lowest BCUT2D eigenvalue weighted by Crippen LogP contribution is -3.15. The summed E-state index contributed by atoms with van der Waals surface area (Å²) < 4.78 is 0. The molecule has 1 aliphatic heterocycles. The van der Waals surface area contributed by atoms with Gasteiger partial charge < -0.3 is 15.1 Å². The fourth-order valence-electron chi connectivity index (χ4n) is 3.20. The minimum absolute atomic E-state index is 0.0736. The summed E-state index contributed by atoms with van der Waals surface area (Å²) in [5.74, 6) is 0.0736. The molecule has 2 aromatic rings. The molecule has 1 aliphatic rings. The van der Waals surface area contributed by atoms with Crippen LogP contribution in [0.4, 0.5) is 11.4 Å². The molecule has 0 spiro atoms. The van der Waals surface area contributed by atoms with Gasteiger partial charge in [0.25, 0.3) is 5.91 Å². The molecule has 1 saturated heterocycles. The van der Waals surface area contributed by atoms with E-state index in [9.17, 15) is 4.79 Å². The molecule has 4 nitrogen and oxygen atoms in total. The summed E-state index contributed by atoms with van der Waals surface area (Å²) in [5.41, 5.74) is 4.39. The van der Waals surface area contributed by atoms with Gasteiger partial charge in [-0.1, -0.05) is 29.8 Å². The number of amides is 1. The summed E-state index contributed by atoms with van der Waals surface area (Å²) in [5, 5.41) is 3.81. The van der Waals surface area contributed by atoms with Crippen LogP contribution in [0.5, 0.6) is 0 Å². The number of carbonyl (C=O) groups excluding carboxylic acids is 1. The first-order valence-corrected chi connectivity index (χ1v) is 9.11. The summed E-state index contributed by atoms with van der Waals surface area (Å²) in [7, 11) is 0. The van der Waals surface area contributed by atoms with Crippen LogP contribution in [-0.2, 0) is 4.79 Å². The number of para-hydroxylation sites is 1. The minimum atomic E-state index is 0.0736. The number of benzene rings is 2. The average Bonchev–Trinajstić information content (AvgIpc) is 2.59. The summed E-state index contributed by atoms with van der Waals surface area (Å²) in [6.07, 6.45) is 0. The summed E-state index contributed by atoms with van der Waals surface area (Å²) in [4.78, 5) is 15.9. The number of halogens is 1. The van der Waals surface area contributed by atoms with Crippen molar-refractivity contribution in [1.82, 2.24) is 0 Å². The zero-order valence-corrected chi connectivity index (χ0v) is 15.6. The highest BCUT2D eigenvalue weighted by molar-refractivity contribution is 6.33. The van der Waals surface area contributed by atoms with Crippen LogP contribution in [-0.4, -0.2) is 38.6 Å². The van der Waals surface area contributed by atoms with E-state index < -0.39 is 0 Å². The molecule has 25 heavy (non-hydrogen) atoms. The molecular formula is C20H25ClN3O+. The number of hydrogen-bond acceptors (Lipinski definition) is 2.